The number of anilines is 1. The fraction of sp³-hybridized carbons (Fsp3) is 0.720. The molecule has 4 nitrogen and oxygen atoms in total. The summed E-state index contributed by atoms with van der Waals surface area (Å²) in [5.41, 5.74) is 3.71. The summed E-state index contributed by atoms with van der Waals surface area (Å²) in [5, 5.41) is 12.7. The van der Waals surface area contributed by atoms with E-state index >= 15 is 0 Å². The van der Waals surface area contributed by atoms with E-state index < -0.39 is 0 Å². The van der Waals surface area contributed by atoms with Gasteiger partial charge in [0.15, 0.2) is 0 Å². The molecule has 0 fully saturated rings. The van der Waals surface area contributed by atoms with Gasteiger partial charge in [-0.15, -0.1) is 0 Å². The molecule has 1 aliphatic heterocycles. The fourth-order valence-electron chi connectivity index (χ4n) is 4.52. The first kappa shape index (κ1) is 23.7. The molecule has 1 aliphatic rings. The average molecular weight is 403 g/mol. The van der Waals surface area contributed by atoms with E-state index in [9.17, 15) is 9.90 Å². The van der Waals surface area contributed by atoms with Gasteiger partial charge >= 0.3 is 0 Å². The van der Waals surface area contributed by atoms with Crippen LogP contribution in [-0.4, -0.2) is 36.8 Å². The van der Waals surface area contributed by atoms with Crippen LogP contribution in [0.1, 0.15) is 83.3 Å². The second-order valence-electron chi connectivity index (χ2n) is 9.08. The molecule has 0 saturated carbocycles. The van der Waals surface area contributed by atoms with Crippen molar-refractivity contribution in [2.75, 3.05) is 18.6 Å². The molecule has 2 N–H and O–H groups in total. The van der Waals surface area contributed by atoms with Gasteiger partial charge in [-0.3, -0.25) is 4.79 Å². The Kier molecular flexibility index (Phi) is 9.99. The zero-order chi connectivity index (χ0) is 21.2. The van der Waals surface area contributed by atoms with Crippen molar-refractivity contribution >= 4 is 11.6 Å². The predicted molar refractivity (Wildman–Crippen MR) is 123 cm³/mol. The predicted octanol–water partition coefficient (Wildman–Crippen LogP) is 4.86. The van der Waals surface area contributed by atoms with E-state index in [0.29, 0.717) is 6.42 Å². The van der Waals surface area contributed by atoms with E-state index in [1.165, 1.54) is 62.5 Å². The number of aliphatic hydroxyl groups excluding tert-OH is 1. The number of aliphatic hydroxyl groups is 1. The second-order valence-corrected chi connectivity index (χ2v) is 9.08. The lowest BCUT2D eigenvalue weighted by Crippen LogP contribution is -2.54. The molecule has 0 saturated heterocycles. The van der Waals surface area contributed by atoms with E-state index in [-0.39, 0.29) is 30.5 Å². The zero-order valence-corrected chi connectivity index (χ0v) is 19.0. The zero-order valence-electron chi connectivity index (χ0n) is 19.0. The molecule has 0 radical (unpaired) electrons. The fourth-order valence-corrected chi connectivity index (χ4v) is 4.52. The van der Waals surface area contributed by atoms with Crippen LogP contribution in [0.25, 0.3) is 0 Å². The third-order valence-electron chi connectivity index (χ3n) is 6.20. The Balaban J connectivity index is 2.02. The van der Waals surface area contributed by atoms with Crippen LogP contribution < -0.4 is 10.2 Å². The number of benzene rings is 1. The molecular weight excluding hydrogens is 360 g/mol. The summed E-state index contributed by atoms with van der Waals surface area (Å²) in [4.78, 5) is 14.9. The van der Waals surface area contributed by atoms with E-state index in [1.807, 2.05) is 7.05 Å². The van der Waals surface area contributed by atoms with Crippen molar-refractivity contribution in [1.29, 1.82) is 0 Å². The van der Waals surface area contributed by atoms with Crippen LogP contribution >= 0.6 is 0 Å². The smallest absolute Gasteiger partial charge is 0.243 e. The lowest BCUT2D eigenvalue weighted by Gasteiger charge is -2.37. The van der Waals surface area contributed by atoms with Gasteiger partial charge in [-0.2, -0.15) is 0 Å². The lowest BCUT2D eigenvalue weighted by molar-refractivity contribution is -0.124. The van der Waals surface area contributed by atoms with Crippen molar-refractivity contribution < 1.29 is 9.90 Å². The number of rotatable bonds is 11. The highest BCUT2D eigenvalue weighted by atomic mass is 16.3. The highest BCUT2D eigenvalue weighted by Crippen LogP contribution is 2.29. The standard InChI is InChI=1S/C25H42N2O2/c1-5-6-7-8-9-10-11-12-13-20-14-15-21-17-22(18-28)26-25(29)24(19(2)3)27(4)23(21)16-20/h14-16,19,22,24,28H,5-13,17-18H2,1-4H3,(H,26,29). The summed E-state index contributed by atoms with van der Waals surface area (Å²) in [6.45, 7) is 6.40. The highest BCUT2D eigenvalue weighted by molar-refractivity contribution is 5.86. The Morgan fingerprint density at radius 2 is 1.76 bits per heavy atom. The Morgan fingerprint density at radius 1 is 1.10 bits per heavy atom. The SMILES string of the molecule is CCCCCCCCCCc1ccc2c(c1)N(C)C(C(C)C)C(=O)NC(CO)C2. The van der Waals surface area contributed by atoms with Crippen LogP contribution in [-0.2, 0) is 17.6 Å². The van der Waals surface area contributed by atoms with Crippen LogP contribution in [0.3, 0.4) is 0 Å². The minimum atomic E-state index is -0.221. The number of fused-ring (bicyclic) bond motifs is 1. The number of hydrogen-bond acceptors (Lipinski definition) is 3. The van der Waals surface area contributed by atoms with Gasteiger partial charge in [0.05, 0.1) is 12.6 Å². The molecule has 2 atom stereocenters. The first-order chi connectivity index (χ1) is 14.0. The topological polar surface area (TPSA) is 52.6 Å². The van der Waals surface area contributed by atoms with Gasteiger partial charge in [0.1, 0.15) is 6.04 Å². The number of amides is 1. The van der Waals surface area contributed by atoms with Crippen molar-refractivity contribution in [1.82, 2.24) is 5.32 Å². The number of aryl methyl sites for hydroxylation is 1. The van der Waals surface area contributed by atoms with Crippen LogP contribution in [0.15, 0.2) is 18.2 Å². The van der Waals surface area contributed by atoms with Crippen molar-refractivity contribution in [3.63, 3.8) is 0 Å². The van der Waals surface area contributed by atoms with Crippen LogP contribution in [0, 0.1) is 5.92 Å². The third kappa shape index (κ3) is 7.02. The van der Waals surface area contributed by atoms with Crippen LogP contribution in [0.2, 0.25) is 0 Å². The number of likely N-dealkylation sites (N-methyl/N-ethyl adjacent to an activating group) is 1. The van der Waals surface area contributed by atoms with Gasteiger partial charge in [0.25, 0.3) is 0 Å². The molecular formula is C25H42N2O2. The van der Waals surface area contributed by atoms with Gasteiger partial charge in [0, 0.05) is 12.7 Å². The molecule has 0 aliphatic carbocycles. The average Bonchev–Trinajstić information content (AvgIpc) is 2.69. The summed E-state index contributed by atoms with van der Waals surface area (Å²) < 4.78 is 0. The first-order valence-corrected chi connectivity index (χ1v) is 11.7. The van der Waals surface area contributed by atoms with Crippen LogP contribution in [0.5, 0.6) is 0 Å². The molecule has 0 aromatic heterocycles. The summed E-state index contributed by atoms with van der Waals surface area (Å²) in [6, 6.07) is 6.27. The van der Waals surface area contributed by atoms with E-state index in [2.05, 4.69) is 49.2 Å². The minimum Gasteiger partial charge on any atom is -0.394 e. The van der Waals surface area contributed by atoms with Crippen molar-refractivity contribution in [3.8, 4) is 0 Å². The Hall–Kier alpha value is -1.55. The molecule has 1 aromatic rings. The van der Waals surface area contributed by atoms with Gasteiger partial charge in [-0.25, -0.2) is 0 Å². The molecule has 1 heterocycles. The van der Waals surface area contributed by atoms with Gasteiger partial charge < -0.3 is 15.3 Å². The molecule has 0 bridgehead atoms. The Morgan fingerprint density at radius 3 is 2.38 bits per heavy atom. The van der Waals surface area contributed by atoms with Crippen molar-refractivity contribution in [2.24, 2.45) is 5.92 Å². The molecule has 0 spiro atoms. The number of carbonyl (C=O) groups excluding carboxylic acids is 1. The normalized spacial score (nSPS) is 19.7. The Bertz CT molecular complexity index is 629. The summed E-state index contributed by atoms with van der Waals surface area (Å²) >= 11 is 0. The molecule has 4 heteroatoms. The Labute approximate surface area is 178 Å². The molecule has 2 rings (SSSR count). The van der Waals surface area contributed by atoms with Gasteiger partial charge in [0.2, 0.25) is 5.91 Å². The number of unbranched alkanes of at least 4 members (excludes halogenated alkanes) is 7. The lowest BCUT2D eigenvalue weighted by atomic mass is 9.93. The summed E-state index contributed by atoms with van der Waals surface area (Å²) in [7, 11) is 2.03. The highest BCUT2D eigenvalue weighted by Gasteiger charge is 2.32. The second kappa shape index (κ2) is 12.2. The number of hydrogen-bond donors (Lipinski definition) is 2. The monoisotopic (exact) mass is 402 g/mol. The molecule has 1 aromatic carbocycles. The van der Waals surface area contributed by atoms with Gasteiger partial charge in [-0.1, -0.05) is 77.8 Å². The van der Waals surface area contributed by atoms with Crippen LogP contribution in [0.4, 0.5) is 5.69 Å². The molecule has 164 valence electrons. The number of nitrogens with zero attached hydrogens (tertiary/aromatic N) is 1. The maximum absolute atomic E-state index is 12.8. The van der Waals surface area contributed by atoms with Gasteiger partial charge in [-0.05, 0) is 42.4 Å². The number of carbonyl (C=O) groups is 1. The maximum Gasteiger partial charge on any atom is 0.243 e. The van der Waals surface area contributed by atoms with Crippen molar-refractivity contribution in [3.05, 3.63) is 29.3 Å². The molecule has 29 heavy (non-hydrogen) atoms. The maximum atomic E-state index is 12.8. The summed E-state index contributed by atoms with van der Waals surface area (Å²) in [5.74, 6) is 0.210. The largest absolute Gasteiger partial charge is 0.394 e. The third-order valence-corrected chi connectivity index (χ3v) is 6.20. The van der Waals surface area contributed by atoms with E-state index in [1.54, 1.807) is 0 Å². The van der Waals surface area contributed by atoms with E-state index in [4.69, 9.17) is 0 Å². The minimum absolute atomic E-state index is 0.0145. The first-order valence-electron chi connectivity index (χ1n) is 11.7. The number of nitrogens with one attached hydrogen (secondary N) is 1. The quantitative estimate of drug-likeness (QED) is 0.520. The van der Waals surface area contributed by atoms with E-state index in [0.717, 1.165) is 12.1 Å². The summed E-state index contributed by atoms with van der Waals surface area (Å²) in [6.07, 6.45) is 12.4. The van der Waals surface area contributed by atoms with Crippen molar-refractivity contribution in [2.45, 2.75) is 97.1 Å². The molecule has 2 unspecified atom stereocenters. The molecule has 1 amide bonds.